The summed E-state index contributed by atoms with van der Waals surface area (Å²) in [5, 5.41) is 3.24. The quantitative estimate of drug-likeness (QED) is 0.902. The fraction of sp³-hybridized carbons (Fsp3) is 0.533. The lowest BCUT2D eigenvalue weighted by Crippen LogP contribution is -2.52. The number of nitrogens with zero attached hydrogens (tertiary/aromatic N) is 2. The summed E-state index contributed by atoms with van der Waals surface area (Å²) in [4.78, 5) is 16.7. The molecule has 0 aliphatic carbocycles. The number of hydrogen-bond donors (Lipinski definition) is 1. The van der Waals surface area contributed by atoms with Gasteiger partial charge in [-0.25, -0.2) is 0 Å². The van der Waals surface area contributed by atoms with Crippen molar-refractivity contribution in [2.75, 3.05) is 38.5 Å². The third kappa shape index (κ3) is 3.26. The largest absolute Gasteiger partial charge is 0.385 e. The van der Waals surface area contributed by atoms with E-state index in [0.29, 0.717) is 0 Å². The number of anilines is 1. The van der Waals surface area contributed by atoms with E-state index in [1.165, 1.54) is 0 Å². The Morgan fingerprint density at radius 2 is 2.00 bits per heavy atom. The predicted molar refractivity (Wildman–Crippen MR) is 78.6 cm³/mol. The molecule has 1 aromatic carbocycles. The molecular weight excluding hydrogens is 238 g/mol. The first-order chi connectivity index (χ1) is 9.11. The van der Waals surface area contributed by atoms with Gasteiger partial charge in [0.2, 0.25) is 0 Å². The van der Waals surface area contributed by atoms with Gasteiger partial charge < -0.3 is 15.1 Å². The lowest BCUT2D eigenvalue weighted by molar-refractivity contribution is 0.0533. The Balaban J connectivity index is 2.06. The van der Waals surface area contributed by atoms with Gasteiger partial charge in [-0.15, -0.1) is 0 Å². The molecule has 1 saturated heterocycles. The molecule has 0 bridgehead atoms. The number of hydrogen-bond acceptors (Lipinski definition) is 3. The number of amides is 1. The molecule has 0 aromatic heterocycles. The Bertz CT molecular complexity index is 430. The second-order valence-corrected chi connectivity index (χ2v) is 5.22. The molecule has 1 aliphatic rings. The van der Waals surface area contributed by atoms with Crippen LogP contribution in [0.4, 0.5) is 5.69 Å². The number of rotatable bonds is 3. The molecule has 0 saturated carbocycles. The molecule has 4 nitrogen and oxygen atoms in total. The minimum absolute atomic E-state index is 0.142. The van der Waals surface area contributed by atoms with E-state index in [1.807, 2.05) is 29.2 Å². The van der Waals surface area contributed by atoms with Gasteiger partial charge in [0.15, 0.2) is 0 Å². The highest BCUT2D eigenvalue weighted by Crippen LogP contribution is 2.15. The Morgan fingerprint density at radius 3 is 2.58 bits per heavy atom. The Hall–Kier alpha value is -1.55. The summed E-state index contributed by atoms with van der Waals surface area (Å²) in [6.45, 7) is 7.77. The lowest BCUT2D eigenvalue weighted by atomic mass is 10.1. The SMILES string of the molecule is CCNc1ccc(C(=O)N2CCN(C)CC2C)cc1. The zero-order valence-corrected chi connectivity index (χ0v) is 12.0. The lowest BCUT2D eigenvalue weighted by Gasteiger charge is -2.38. The van der Waals surface area contributed by atoms with Crippen molar-refractivity contribution in [1.82, 2.24) is 9.80 Å². The van der Waals surface area contributed by atoms with Crippen molar-refractivity contribution in [2.45, 2.75) is 19.9 Å². The summed E-state index contributed by atoms with van der Waals surface area (Å²) in [5.74, 6) is 0.142. The second kappa shape index (κ2) is 6.06. The third-order valence-electron chi connectivity index (χ3n) is 3.60. The molecule has 1 unspecified atom stereocenters. The van der Waals surface area contributed by atoms with Crippen molar-refractivity contribution in [3.05, 3.63) is 29.8 Å². The van der Waals surface area contributed by atoms with E-state index in [1.54, 1.807) is 0 Å². The van der Waals surface area contributed by atoms with E-state index in [2.05, 4.69) is 31.1 Å². The van der Waals surface area contributed by atoms with Gasteiger partial charge in [0.05, 0.1) is 0 Å². The average Bonchev–Trinajstić information content (AvgIpc) is 2.39. The highest BCUT2D eigenvalue weighted by molar-refractivity contribution is 5.94. The van der Waals surface area contributed by atoms with Gasteiger partial charge in [-0.3, -0.25) is 4.79 Å². The van der Waals surface area contributed by atoms with Gasteiger partial charge >= 0.3 is 0 Å². The standard InChI is InChI=1S/C15H23N3O/c1-4-16-14-7-5-13(6-8-14)15(19)18-10-9-17(3)11-12(18)2/h5-8,12,16H,4,9-11H2,1-3H3. The molecule has 1 heterocycles. The highest BCUT2D eigenvalue weighted by atomic mass is 16.2. The second-order valence-electron chi connectivity index (χ2n) is 5.22. The van der Waals surface area contributed by atoms with Crippen LogP contribution < -0.4 is 5.32 Å². The molecule has 19 heavy (non-hydrogen) atoms. The zero-order chi connectivity index (χ0) is 13.8. The van der Waals surface area contributed by atoms with E-state index in [-0.39, 0.29) is 11.9 Å². The van der Waals surface area contributed by atoms with Crippen molar-refractivity contribution >= 4 is 11.6 Å². The van der Waals surface area contributed by atoms with Crippen LogP contribution in [0, 0.1) is 0 Å². The van der Waals surface area contributed by atoms with Gasteiger partial charge in [-0.1, -0.05) is 0 Å². The molecule has 1 atom stereocenters. The summed E-state index contributed by atoms with van der Waals surface area (Å²) < 4.78 is 0. The average molecular weight is 261 g/mol. The van der Waals surface area contributed by atoms with Crippen molar-refractivity contribution < 1.29 is 4.79 Å². The Morgan fingerprint density at radius 1 is 1.32 bits per heavy atom. The monoisotopic (exact) mass is 261 g/mol. The van der Waals surface area contributed by atoms with E-state index in [4.69, 9.17) is 0 Å². The molecule has 1 N–H and O–H groups in total. The first kappa shape index (κ1) is 13.9. The topological polar surface area (TPSA) is 35.6 Å². The van der Waals surface area contributed by atoms with Crippen LogP contribution in [0.25, 0.3) is 0 Å². The van der Waals surface area contributed by atoms with Crippen LogP contribution in [0.2, 0.25) is 0 Å². The Labute approximate surface area is 115 Å². The number of carbonyl (C=O) groups is 1. The third-order valence-corrected chi connectivity index (χ3v) is 3.60. The normalized spacial score (nSPS) is 20.4. The number of likely N-dealkylation sites (N-methyl/N-ethyl adjacent to an activating group) is 1. The van der Waals surface area contributed by atoms with Gasteiger partial charge in [-0.2, -0.15) is 0 Å². The van der Waals surface area contributed by atoms with Crippen molar-refractivity contribution in [3.8, 4) is 0 Å². The van der Waals surface area contributed by atoms with Gasteiger partial charge in [0, 0.05) is 43.5 Å². The maximum absolute atomic E-state index is 12.5. The van der Waals surface area contributed by atoms with Crippen LogP contribution in [-0.2, 0) is 0 Å². The number of benzene rings is 1. The summed E-state index contributed by atoms with van der Waals surface area (Å²) in [6.07, 6.45) is 0. The maximum atomic E-state index is 12.5. The maximum Gasteiger partial charge on any atom is 0.254 e. The van der Waals surface area contributed by atoms with Crippen LogP contribution in [0.1, 0.15) is 24.2 Å². The van der Waals surface area contributed by atoms with Crippen LogP contribution in [0.15, 0.2) is 24.3 Å². The molecule has 104 valence electrons. The first-order valence-corrected chi connectivity index (χ1v) is 6.95. The van der Waals surface area contributed by atoms with Crippen molar-refractivity contribution in [3.63, 3.8) is 0 Å². The van der Waals surface area contributed by atoms with E-state index >= 15 is 0 Å². The van der Waals surface area contributed by atoms with Crippen LogP contribution >= 0.6 is 0 Å². The van der Waals surface area contributed by atoms with E-state index in [0.717, 1.165) is 37.4 Å². The predicted octanol–water partition coefficient (Wildman–Crippen LogP) is 1.89. The smallest absolute Gasteiger partial charge is 0.254 e. The summed E-state index contributed by atoms with van der Waals surface area (Å²) in [5.41, 5.74) is 1.84. The molecule has 1 fully saturated rings. The van der Waals surface area contributed by atoms with Crippen LogP contribution in [0.5, 0.6) is 0 Å². The van der Waals surface area contributed by atoms with Gasteiger partial charge in [0.1, 0.15) is 0 Å². The highest BCUT2D eigenvalue weighted by Gasteiger charge is 2.26. The number of nitrogens with one attached hydrogen (secondary N) is 1. The molecule has 1 aliphatic heterocycles. The van der Waals surface area contributed by atoms with Crippen LogP contribution in [-0.4, -0.2) is 55.0 Å². The summed E-state index contributed by atoms with van der Waals surface area (Å²) in [6, 6.07) is 8.03. The van der Waals surface area contributed by atoms with E-state index < -0.39 is 0 Å². The molecule has 1 amide bonds. The van der Waals surface area contributed by atoms with E-state index in [9.17, 15) is 4.79 Å². The Kier molecular flexibility index (Phi) is 4.43. The van der Waals surface area contributed by atoms with Crippen molar-refractivity contribution in [2.24, 2.45) is 0 Å². The van der Waals surface area contributed by atoms with Crippen molar-refractivity contribution in [1.29, 1.82) is 0 Å². The minimum Gasteiger partial charge on any atom is -0.385 e. The minimum atomic E-state index is 0.142. The van der Waals surface area contributed by atoms with Gasteiger partial charge in [-0.05, 0) is 45.2 Å². The fourth-order valence-electron chi connectivity index (χ4n) is 2.54. The molecular formula is C15H23N3O. The molecule has 1 aromatic rings. The fourth-order valence-corrected chi connectivity index (χ4v) is 2.54. The summed E-state index contributed by atoms with van der Waals surface area (Å²) >= 11 is 0. The first-order valence-electron chi connectivity index (χ1n) is 6.95. The molecule has 0 radical (unpaired) electrons. The molecule has 0 spiro atoms. The molecule has 2 rings (SSSR count). The van der Waals surface area contributed by atoms with Gasteiger partial charge in [0.25, 0.3) is 5.91 Å². The molecule has 4 heteroatoms. The number of carbonyl (C=O) groups excluding carboxylic acids is 1. The summed E-state index contributed by atoms with van der Waals surface area (Å²) in [7, 11) is 2.10. The zero-order valence-electron chi connectivity index (χ0n) is 12.0. The number of piperazine rings is 1. The van der Waals surface area contributed by atoms with Crippen LogP contribution in [0.3, 0.4) is 0 Å².